The number of amides is 2. The Kier molecular flexibility index (Phi) is 4.98. The van der Waals surface area contributed by atoms with Crippen LogP contribution in [0, 0.1) is 0 Å². The van der Waals surface area contributed by atoms with Gasteiger partial charge in [-0.05, 0) is 17.7 Å². The molecule has 5 nitrogen and oxygen atoms in total. The molecule has 0 aromatic heterocycles. The highest BCUT2D eigenvalue weighted by atomic mass is 35.5. The second-order valence-corrected chi connectivity index (χ2v) is 4.80. The van der Waals surface area contributed by atoms with Crippen LogP contribution < -0.4 is 5.32 Å². The maximum absolute atomic E-state index is 12.5. The average Bonchev–Trinajstić information content (AvgIpc) is 2.53. The molecule has 1 aromatic carbocycles. The van der Waals surface area contributed by atoms with Crippen molar-refractivity contribution in [1.82, 2.24) is 10.2 Å². The number of likely N-dealkylation sites (N-methyl/N-ethyl adjacent to an activating group) is 1. The molecule has 1 N–H and O–H groups in total. The first-order valence-electron chi connectivity index (χ1n) is 6.42. The molecule has 0 bridgehead atoms. The van der Waals surface area contributed by atoms with Gasteiger partial charge in [0.15, 0.2) is 0 Å². The first-order chi connectivity index (χ1) is 9.67. The molecule has 20 heavy (non-hydrogen) atoms. The molecular weight excluding hydrogens is 280 g/mol. The van der Waals surface area contributed by atoms with Crippen LogP contribution in [0.1, 0.15) is 15.9 Å². The quantitative estimate of drug-likeness (QED) is 0.847. The van der Waals surface area contributed by atoms with Gasteiger partial charge in [-0.3, -0.25) is 9.59 Å². The van der Waals surface area contributed by atoms with E-state index in [-0.39, 0.29) is 18.4 Å². The van der Waals surface area contributed by atoms with Crippen LogP contribution >= 0.6 is 11.6 Å². The van der Waals surface area contributed by atoms with E-state index in [1.54, 1.807) is 24.1 Å². The highest BCUT2D eigenvalue weighted by Crippen LogP contribution is 2.14. The number of alkyl halides is 1. The molecule has 2 amide bonds. The van der Waals surface area contributed by atoms with Crippen LogP contribution in [0.5, 0.6) is 0 Å². The zero-order valence-electron chi connectivity index (χ0n) is 11.3. The van der Waals surface area contributed by atoms with Crippen molar-refractivity contribution in [3.8, 4) is 0 Å². The minimum absolute atomic E-state index is 0.164. The van der Waals surface area contributed by atoms with Crippen LogP contribution in [-0.2, 0) is 15.4 Å². The molecule has 0 aliphatic carbocycles. The largest absolute Gasteiger partial charge is 0.377 e. The Labute approximate surface area is 122 Å². The van der Waals surface area contributed by atoms with Gasteiger partial charge in [0.1, 0.15) is 6.04 Å². The van der Waals surface area contributed by atoms with E-state index in [9.17, 15) is 9.59 Å². The molecule has 1 fully saturated rings. The molecule has 1 aliphatic heterocycles. The van der Waals surface area contributed by atoms with Crippen molar-refractivity contribution in [2.45, 2.75) is 11.9 Å². The molecule has 6 heteroatoms. The molecule has 0 spiro atoms. The molecule has 1 heterocycles. The second-order valence-electron chi connectivity index (χ2n) is 4.53. The van der Waals surface area contributed by atoms with Gasteiger partial charge in [0.2, 0.25) is 5.91 Å². The van der Waals surface area contributed by atoms with E-state index >= 15 is 0 Å². The van der Waals surface area contributed by atoms with Gasteiger partial charge in [-0.25, -0.2) is 0 Å². The number of hydrogen-bond donors (Lipinski definition) is 1. The molecule has 2 rings (SSSR count). The summed E-state index contributed by atoms with van der Waals surface area (Å²) >= 11 is 5.73. The van der Waals surface area contributed by atoms with Gasteiger partial charge in [-0.1, -0.05) is 12.1 Å². The molecule has 108 valence electrons. The Hall–Kier alpha value is -1.59. The molecule has 1 aromatic rings. The number of hydrogen-bond acceptors (Lipinski definition) is 3. The van der Waals surface area contributed by atoms with Crippen molar-refractivity contribution >= 4 is 23.4 Å². The van der Waals surface area contributed by atoms with Crippen LogP contribution in [0.3, 0.4) is 0 Å². The minimum Gasteiger partial charge on any atom is -0.377 e. The smallest absolute Gasteiger partial charge is 0.254 e. The van der Waals surface area contributed by atoms with Crippen LogP contribution in [-0.4, -0.2) is 49.6 Å². The lowest BCUT2D eigenvalue weighted by atomic mass is 10.1. The summed E-state index contributed by atoms with van der Waals surface area (Å²) in [5.74, 6) is 0.0332. The van der Waals surface area contributed by atoms with Crippen molar-refractivity contribution in [2.24, 2.45) is 0 Å². The van der Waals surface area contributed by atoms with E-state index in [4.69, 9.17) is 16.3 Å². The summed E-state index contributed by atoms with van der Waals surface area (Å²) in [6.45, 7) is 1.08. The number of benzene rings is 1. The minimum atomic E-state index is -0.575. The lowest BCUT2D eigenvalue weighted by molar-refractivity contribution is -0.130. The van der Waals surface area contributed by atoms with Gasteiger partial charge in [0.05, 0.1) is 13.2 Å². The predicted octanol–water partition coefficient (Wildman–Crippen LogP) is 1.01. The van der Waals surface area contributed by atoms with Crippen molar-refractivity contribution in [1.29, 1.82) is 0 Å². The lowest BCUT2D eigenvalue weighted by Gasteiger charge is -2.34. The van der Waals surface area contributed by atoms with E-state index in [0.717, 1.165) is 5.56 Å². The third-order valence-electron chi connectivity index (χ3n) is 3.29. The second kappa shape index (κ2) is 6.72. The van der Waals surface area contributed by atoms with Crippen molar-refractivity contribution in [2.75, 3.05) is 26.8 Å². The SMILES string of the molecule is CNC(=O)C1COCCN1C(=O)c1ccc(CCl)cc1. The zero-order valence-corrected chi connectivity index (χ0v) is 12.0. The van der Waals surface area contributed by atoms with E-state index in [1.165, 1.54) is 0 Å². The first-order valence-corrected chi connectivity index (χ1v) is 6.96. The molecular formula is C14H17ClN2O3. The number of ether oxygens (including phenoxy) is 1. The Balaban J connectivity index is 2.18. The number of nitrogens with zero attached hydrogens (tertiary/aromatic N) is 1. The van der Waals surface area contributed by atoms with E-state index in [0.29, 0.717) is 24.6 Å². The monoisotopic (exact) mass is 296 g/mol. The van der Waals surface area contributed by atoms with Gasteiger partial charge < -0.3 is 15.0 Å². The Bertz CT molecular complexity index is 490. The van der Waals surface area contributed by atoms with Crippen molar-refractivity contribution in [3.05, 3.63) is 35.4 Å². The summed E-state index contributed by atoms with van der Waals surface area (Å²) in [6, 6.07) is 6.52. The third kappa shape index (κ3) is 3.11. The van der Waals surface area contributed by atoms with Gasteiger partial charge in [0.25, 0.3) is 5.91 Å². The summed E-state index contributed by atoms with van der Waals surface area (Å²) in [6.07, 6.45) is 0. The van der Waals surface area contributed by atoms with Crippen LogP contribution in [0.4, 0.5) is 0 Å². The van der Waals surface area contributed by atoms with Crippen molar-refractivity contribution in [3.63, 3.8) is 0 Å². The highest BCUT2D eigenvalue weighted by Gasteiger charge is 2.32. The van der Waals surface area contributed by atoms with E-state index < -0.39 is 6.04 Å². The summed E-state index contributed by atoms with van der Waals surface area (Å²) < 4.78 is 5.29. The molecule has 1 aliphatic rings. The van der Waals surface area contributed by atoms with E-state index in [1.807, 2.05) is 12.1 Å². The topological polar surface area (TPSA) is 58.6 Å². The molecule has 0 saturated carbocycles. The first kappa shape index (κ1) is 14.8. The Morgan fingerprint density at radius 3 is 2.70 bits per heavy atom. The number of halogens is 1. The van der Waals surface area contributed by atoms with Gasteiger partial charge in [-0.15, -0.1) is 11.6 Å². The number of rotatable bonds is 3. The number of carbonyl (C=O) groups is 2. The average molecular weight is 297 g/mol. The number of nitrogens with one attached hydrogen (secondary N) is 1. The van der Waals surface area contributed by atoms with Gasteiger partial charge in [-0.2, -0.15) is 0 Å². The fraction of sp³-hybridized carbons (Fsp3) is 0.429. The van der Waals surface area contributed by atoms with Gasteiger partial charge in [0, 0.05) is 25.0 Å². The lowest BCUT2D eigenvalue weighted by Crippen LogP contribution is -2.55. The molecule has 1 unspecified atom stereocenters. The highest BCUT2D eigenvalue weighted by molar-refractivity contribution is 6.17. The molecule has 0 radical (unpaired) electrons. The molecule has 1 saturated heterocycles. The summed E-state index contributed by atoms with van der Waals surface area (Å²) in [5.41, 5.74) is 1.50. The maximum atomic E-state index is 12.5. The van der Waals surface area contributed by atoms with Crippen LogP contribution in [0.2, 0.25) is 0 Å². The fourth-order valence-corrected chi connectivity index (χ4v) is 2.31. The zero-order chi connectivity index (χ0) is 14.5. The van der Waals surface area contributed by atoms with Crippen LogP contribution in [0.25, 0.3) is 0 Å². The Morgan fingerprint density at radius 2 is 2.10 bits per heavy atom. The maximum Gasteiger partial charge on any atom is 0.254 e. The molecule has 1 atom stereocenters. The summed E-state index contributed by atoms with van der Waals surface area (Å²) in [4.78, 5) is 25.9. The third-order valence-corrected chi connectivity index (χ3v) is 3.60. The van der Waals surface area contributed by atoms with E-state index in [2.05, 4.69) is 5.32 Å². The number of morpholine rings is 1. The Morgan fingerprint density at radius 1 is 1.40 bits per heavy atom. The summed E-state index contributed by atoms with van der Waals surface area (Å²) in [7, 11) is 1.55. The normalized spacial score (nSPS) is 18.7. The number of carbonyl (C=O) groups excluding carboxylic acids is 2. The predicted molar refractivity (Wildman–Crippen MR) is 75.7 cm³/mol. The van der Waals surface area contributed by atoms with Crippen molar-refractivity contribution < 1.29 is 14.3 Å². The van der Waals surface area contributed by atoms with Gasteiger partial charge >= 0.3 is 0 Å². The van der Waals surface area contributed by atoms with Crippen LogP contribution in [0.15, 0.2) is 24.3 Å². The summed E-state index contributed by atoms with van der Waals surface area (Å²) in [5, 5.41) is 2.56. The fourth-order valence-electron chi connectivity index (χ4n) is 2.13. The standard InChI is InChI=1S/C14H17ClN2O3/c1-16-13(18)12-9-20-7-6-17(12)14(19)11-4-2-10(8-15)3-5-11/h2-5,12H,6-9H2,1H3,(H,16,18).